The van der Waals surface area contributed by atoms with E-state index in [-0.39, 0.29) is 6.10 Å². The number of benzene rings is 1. The number of nitrogens with one attached hydrogen (secondary N) is 1. The molecule has 1 aliphatic rings. The molecule has 0 bridgehead atoms. The lowest BCUT2D eigenvalue weighted by Gasteiger charge is -2.20. The first-order valence-corrected chi connectivity index (χ1v) is 5.34. The fraction of sp³-hybridized carbons (Fsp3) is 0.308. The van der Waals surface area contributed by atoms with Crippen LogP contribution in [0.4, 0.5) is 0 Å². The second-order valence-corrected chi connectivity index (χ2v) is 4.02. The molecule has 0 amide bonds. The Balaban J connectivity index is 2.24. The number of hydrogen-bond donors (Lipinski definition) is 1. The Labute approximate surface area is 89.3 Å². The molecule has 1 radical (unpaired) electrons. The van der Waals surface area contributed by atoms with E-state index in [1.165, 1.54) is 22.2 Å². The third kappa shape index (κ3) is 1.29. The summed E-state index contributed by atoms with van der Waals surface area (Å²) in [5.41, 5.74) is 3.89. The first-order chi connectivity index (χ1) is 7.40. The molecule has 0 spiro atoms. The molecule has 1 N–H and O–H groups in total. The van der Waals surface area contributed by atoms with Gasteiger partial charge in [-0.05, 0) is 30.9 Å². The van der Waals surface area contributed by atoms with Gasteiger partial charge in [0.1, 0.15) is 0 Å². The molecule has 2 aromatic rings. The number of ether oxygens (including phenoxy) is 1. The third-order valence-electron chi connectivity index (χ3n) is 3.18. The van der Waals surface area contributed by atoms with Gasteiger partial charge in [0.25, 0.3) is 0 Å². The number of H-pyrrole nitrogens is 1. The lowest BCUT2D eigenvalue weighted by atomic mass is 9.93. The zero-order chi connectivity index (χ0) is 10.3. The van der Waals surface area contributed by atoms with Gasteiger partial charge in [0.15, 0.2) is 0 Å². The Bertz CT molecular complexity index is 486. The first-order valence-electron chi connectivity index (χ1n) is 5.34. The summed E-state index contributed by atoms with van der Waals surface area (Å²) in [5.74, 6) is 0. The number of fused-ring (bicyclic) bond motifs is 3. The third-order valence-corrected chi connectivity index (χ3v) is 3.18. The lowest BCUT2D eigenvalue weighted by molar-refractivity contribution is 0.0952. The van der Waals surface area contributed by atoms with Gasteiger partial charge in [0, 0.05) is 23.7 Å². The molecule has 1 atom stereocenters. The molecule has 2 heteroatoms. The summed E-state index contributed by atoms with van der Waals surface area (Å²) < 4.78 is 5.48. The van der Waals surface area contributed by atoms with Gasteiger partial charge in [-0.3, -0.25) is 0 Å². The molecular formula is C13H14NO. The molecule has 1 heterocycles. The van der Waals surface area contributed by atoms with Crippen molar-refractivity contribution in [1.82, 2.24) is 4.98 Å². The fourth-order valence-electron chi connectivity index (χ4n) is 2.43. The predicted octanol–water partition coefficient (Wildman–Crippen LogP) is 3.01. The molecular weight excluding hydrogens is 186 g/mol. The van der Waals surface area contributed by atoms with Crippen LogP contribution < -0.4 is 0 Å². The van der Waals surface area contributed by atoms with Crippen LogP contribution in [0.2, 0.25) is 0 Å². The van der Waals surface area contributed by atoms with Crippen LogP contribution in [0.25, 0.3) is 10.9 Å². The minimum atomic E-state index is 0.209. The zero-order valence-electron chi connectivity index (χ0n) is 8.79. The molecule has 0 saturated carbocycles. The van der Waals surface area contributed by atoms with E-state index in [1.807, 2.05) is 0 Å². The Morgan fingerprint density at radius 3 is 3.07 bits per heavy atom. The van der Waals surface area contributed by atoms with Crippen LogP contribution in [0.15, 0.2) is 24.3 Å². The Morgan fingerprint density at radius 1 is 1.33 bits per heavy atom. The molecule has 1 unspecified atom stereocenters. The SMILES string of the molecule is COC1C[CH]Cc2c1[nH]c1ccccc21. The minimum absolute atomic E-state index is 0.209. The summed E-state index contributed by atoms with van der Waals surface area (Å²) in [6.45, 7) is 0. The Kier molecular flexibility index (Phi) is 2.03. The highest BCUT2D eigenvalue weighted by molar-refractivity contribution is 5.85. The van der Waals surface area contributed by atoms with Crippen LogP contribution in [0, 0.1) is 6.42 Å². The zero-order valence-corrected chi connectivity index (χ0v) is 8.79. The Hall–Kier alpha value is -1.28. The summed E-state index contributed by atoms with van der Waals surface area (Å²) in [7, 11) is 1.78. The van der Waals surface area contributed by atoms with E-state index in [0.717, 1.165) is 12.8 Å². The van der Waals surface area contributed by atoms with Gasteiger partial charge in [0.2, 0.25) is 0 Å². The molecule has 0 fully saturated rings. The second kappa shape index (κ2) is 3.38. The maximum absolute atomic E-state index is 5.48. The molecule has 1 aromatic heterocycles. The molecule has 15 heavy (non-hydrogen) atoms. The van der Waals surface area contributed by atoms with Crippen molar-refractivity contribution in [3.05, 3.63) is 41.9 Å². The summed E-state index contributed by atoms with van der Waals surface area (Å²) in [4.78, 5) is 3.47. The van der Waals surface area contributed by atoms with Crippen molar-refractivity contribution in [2.45, 2.75) is 18.9 Å². The average molecular weight is 200 g/mol. The van der Waals surface area contributed by atoms with Gasteiger partial charge >= 0.3 is 0 Å². The van der Waals surface area contributed by atoms with E-state index >= 15 is 0 Å². The number of aromatic amines is 1. The number of para-hydroxylation sites is 1. The van der Waals surface area contributed by atoms with Crippen molar-refractivity contribution < 1.29 is 4.74 Å². The number of aromatic nitrogens is 1. The van der Waals surface area contributed by atoms with Crippen LogP contribution in [0.3, 0.4) is 0 Å². The second-order valence-electron chi connectivity index (χ2n) is 4.02. The Morgan fingerprint density at radius 2 is 2.20 bits per heavy atom. The van der Waals surface area contributed by atoms with Gasteiger partial charge in [-0.25, -0.2) is 0 Å². The minimum Gasteiger partial charge on any atom is -0.375 e. The van der Waals surface area contributed by atoms with Crippen molar-refractivity contribution in [2.75, 3.05) is 7.11 Å². The lowest BCUT2D eigenvalue weighted by Crippen LogP contribution is -2.10. The monoisotopic (exact) mass is 200 g/mol. The summed E-state index contributed by atoms with van der Waals surface area (Å²) >= 11 is 0. The van der Waals surface area contributed by atoms with Gasteiger partial charge in [0.05, 0.1) is 6.10 Å². The first kappa shape index (κ1) is 8.98. The van der Waals surface area contributed by atoms with Crippen molar-refractivity contribution >= 4 is 10.9 Å². The van der Waals surface area contributed by atoms with Crippen LogP contribution in [0.5, 0.6) is 0 Å². The highest BCUT2D eigenvalue weighted by atomic mass is 16.5. The molecule has 2 nitrogen and oxygen atoms in total. The molecule has 0 saturated heterocycles. The van der Waals surface area contributed by atoms with E-state index in [0.29, 0.717) is 0 Å². The smallest absolute Gasteiger partial charge is 0.0974 e. The van der Waals surface area contributed by atoms with E-state index in [1.54, 1.807) is 7.11 Å². The molecule has 0 aliphatic heterocycles. The number of methoxy groups -OCH3 is 1. The quantitative estimate of drug-likeness (QED) is 0.752. The van der Waals surface area contributed by atoms with Crippen molar-refractivity contribution in [2.24, 2.45) is 0 Å². The van der Waals surface area contributed by atoms with Crippen LogP contribution in [0.1, 0.15) is 23.8 Å². The van der Waals surface area contributed by atoms with Crippen molar-refractivity contribution in [3.63, 3.8) is 0 Å². The predicted molar refractivity (Wildman–Crippen MR) is 60.7 cm³/mol. The fourth-order valence-corrected chi connectivity index (χ4v) is 2.43. The van der Waals surface area contributed by atoms with E-state index in [2.05, 4.69) is 35.7 Å². The standard InChI is InChI=1S/C13H14NO/c1-15-12-8-4-6-10-9-5-2-3-7-11(9)14-13(10)12/h2-5,7,12,14H,6,8H2,1H3. The largest absolute Gasteiger partial charge is 0.375 e. The average Bonchev–Trinajstić information content (AvgIpc) is 2.67. The van der Waals surface area contributed by atoms with Gasteiger partial charge in [-0.2, -0.15) is 0 Å². The van der Waals surface area contributed by atoms with Gasteiger partial charge in [-0.1, -0.05) is 18.2 Å². The molecule has 1 aromatic carbocycles. The summed E-state index contributed by atoms with van der Waals surface area (Å²) in [6.07, 6.45) is 4.58. The van der Waals surface area contributed by atoms with Crippen molar-refractivity contribution in [3.8, 4) is 0 Å². The van der Waals surface area contributed by atoms with Gasteiger partial charge in [-0.15, -0.1) is 0 Å². The highest BCUT2D eigenvalue weighted by Crippen LogP contribution is 2.35. The molecule has 1 aliphatic carbocycles. The van der Waals surface area contributed by atoms with E-state index in [9.17, 15) is 0 Å². The number of hydrogen-bond acceptors (Lipinski definition) is 1. The van der Waals surface area contributed by atoms with Crippen LogP contribution in [-0.4, -0.2) is 12.1 Å². The maximum Gasteiger partial charge on any atom is 0.0974 e. The highest BCUT2D eigenvalue weighted by Gasteiger charge is 2.23. The molecule has 3 rings (SSSR count). The summed E-state index contributed by atoms with van der Waals surface area (Å²) in [5, 5.41) is 1.34. The van der Waals surface area contributed by atoms with Crippen LogP contribution in [-0.2, 0) is 11.2 Å². The number of rotatable bonds is 1. The summed E-state index contributed by atoms with van der Waals surface area (Å²) in [6, 6.07) is 8.46. The molecule has 77 valence electrons. The normalized spacial score (nSPS) is 20.5. The topological polar surface area (TPSA) is 25.0 Å². The van der Waals surface area contributed by atoms with E-state index in [4.69, 9.17) is 4.74 Å². The van der Waals surface area contributed by atoms with Gasteiger partial charge < -0.3 is 9.72 Å². The van der Waals surface area contributed by atoms with E-state index < -0.39 is 0 Å². The van der Waals surface area contributed by atoms with Crippen molar-refractivity contribution in [1.29, 1.82) is 0 Å². The van der Waals surface area contributed by atoms with Crippen LogP contribution >= 0.6 is 0 Å². The maximum atomic E-state index is 5.48.